The molecule has 1 saturated heterocycles. The number of rotatable bonds is 6. The lowest BCUT2D eigenvalue weighted by Crippen LogP contribution is -2.36. The van der Waals surface area contributed by atoms with E-state index in [0.29, 0.717) is 12.6 Å². The third-order valence-electron chi connectivity index (χ3n) is 3.01. The van der Waals surface area contributed by atoms with E-state index in [9.17, 15) is 0 Å². The normalized spacial score (nSPS) is 21.0. The predicted octanol–water partition coefficient (Wildman–Crippen LogP) is 0.737. The average molecular weight is 200 g/mol. The van der Waals surface area contributed by atoms with Gasteiger partial charge in [-0.1, -0.05) is 0 Å². The first-order chi connectivity index (χ1) is 6.83. The van der Waals surface area contributed by atoms with Crippen LogP contribution in [0.2, 0.25) is 0 Å². The molecule has 0 amide bonds. The number of aliphatic hydroxyl groups excluding tert-OH is 1. The molecule has 0 saturated carbocycles. The molecular formula is C11H24N2O. The van der Waals surface area contributed by atoms with Crippen LogP contribution in [0.1, 0.15) is 32.6 Å². The van der Waals surface area contributed by atoms with E-state index in [0.717, 1.165) is 25.3 Å². The zero-order valence-electron chi connectivity index (χ0n) is 9.26. The first kappa shape index (κ1) is 12.0. The van der Waals surface area contributed by atoms with E-state index in [1.807, 2.05) is 0 Å². The lowest BCUT2D eigenvalue weighted by atomic mass is 9.98. The maximum atomic E-state index is 8.70. The second-order valence-electron chi connectivity index (χ2n) is 4.37. The molecule has 0 aliphatic carbocycles. The van der Waals surface area contributed by atoms with Gasteiger partial charge in [-0.3, -0.25) is 0 Å². The van der Waals surface area contributed by atoms with E-state index in [4.69, 9.17) is 5.11 Å². The van der Waals surface area contributed by atoms with Gasteiger partial charge < -0.3 is 15.7 Å². The minimum atomic E-state index is 0.319. The standard InChI is InChI=1S/C11H24N2O/c1-10(3-2-8-14)13-9-11-4-6-12-7-5-11/h10-14H,2-9H2,1H3. The molecule has 1 aliphatic rings. The van der Waals surface area contributed by atoms with Crippen molar-refractivity contribution in [3.8, 4) is 0 Å². The molecule has 0 aromatic heterocycles. The molecule has 3 heteroatoms. The first-order valence-corrected chi connectivity index (χ1v) is 5.88. The highest BCUT2D eigenvalue weighted by atomic mass is 16.2. The maximum absolute atomic E-state index is 8.70. The fourth-order valence-corrected chi connectivity index (χ4v) is 1.95. The zero-order chi connectivity index (χ0) is 10.2. The Labute approximate surface area is 87.3 Å². The molecule has 1 heterocycles. The molecule has 0 aromatic rings. The van der Waals surface area contributed by atoms with Crippen LogP contribution in [0.15, 0.2) is 0 Å². The van der Waals surface area contributed by atoms with Crippen LogP contribution in [-0.4, -0.2) is 37.4 Å². The van der Waals surface area contributed by atoms with Crippen LogP contribution in [0.3, 0.4) is 0 Å². The molecule has 0 bridgehead atoms. The Morgan fingerprint density at radius 1 is 1.43 bits per heavy atom. The molecule has 3 N–H and O–H groups in total. The molecule has 1 atom stereocenters. The molecule has 1 unspecified atom stereocenters. The van der Waals surface area contributed by atoms with Crippen LogP contribution in [-0.2, 0) is 0 Å². The number of hydrogen-bond acceptors (Lipinski definition) is 3. The number of nitrogens with one attached hydrogen (secondary N) is 2. The highest BCUT2D eigenvalue weighted by Gasteiger charge is 2.13. The smallest absolute Gasteiger partial charge is 0.0431 e. The van der Waals surface area contributed by atoms with Gasteiger partial charge in [-0.15, -0.1) is 0 Å². The van der Waals surface area contributed by atoms with Crippen molar-refractivity contribution in [1.82, 2.24) is 10.6 Å². The van der Waals surface area contributed by atoms with Gasteiger partial charge in [0.2, 0.25) is 0 Å². The van der Waals surface area contributed by atoms with Crippen LogP contribution >= 0.6 is 0 Å². The van der Waals surface area contributed by atoms with Gasteiger partial charge in [0.25, 0.3) is 0 Å². The summed E-state index contributed by atoms with van der Waals surface area (Å²) in [6, 6.07) is 0.553. The average Bonchev–Trinajstić information content (AvgIpc) is 2.25. The summed E-state index contributed by atoms with van der Waals surface area (Å²) in [5.74, 6) is 0.854. The summed E-state index contributed by atoms with van der Waals surface area (Å²) in [6.45, 7) is 6.03. The van der Waals surface area contributed by atoms with Gasteiger partial charge in [0.15, 0.2) is 0 Å². The molecule has 84 valence electrons. The Morgan fingerprint density at radius 2 is 2.14 bits per heavy atom. The SMILES string of the molecule is CC(CCCO)NCC1CCNCC1. The third kappa shape index (κ3) is 4.94. The van der Waals surface area contributed by atoms with Gasteiger partial charge >= 0.3 is 0 Å². The van der Waals surface area contributed by atoms with E-state index >= 15 is 0 Å². The fourth-order valence-electron chi connectivity index (χ4n) is 1.95. The topological polar surface area (TPSA) is 44.3 Å². The summed E-state index contributed by atoms with van der Waals surface area (Å²) in [6.07, 6.45) is 4.61. The van der Waals surface area contributed by atoms with Crippen molar-refractivity contribution in [2.24, 2.45) is 5.92 Å². The summed E-state index contributed by atoms with van der Waals surface area (Å²) in [5, 5.41) is 15.6. The molecule has 14 heavy (non-hydrogen) atoms. The monoisotopic (exact) mass is 200 g/mol. The van der Waals surface area contributed by atoms with Crippen molar-refractivity contribution >= 4 is 0 Å². The molecule has 1 rings (SSSR count). The van der Waals surface area contributed by atoms with E-state index in [1.165, 1.54) is 25.9 Å². The maximum Gasteiger partial charge on any atom is 0.0431 e. The molecule has 0 aromatic carbocycles. The van der Waals surface area contributed by atoms with Gasteiger partial charge in [0, 0.05) is 12.6 Å². The minimum Gasteiger partial charge on any atom is -0.396 e. The summed E-state index contributed by atoms with van der Waals surface area (Å²) in [7, 11) is 0. The molecule has 1 fully saturated rings. The highest BCUT2D eigenvalue weighted by molar-refractivity contribution is 4.72. The van der Waals surface area contributed by atoms with Crippen molar-refractivity contribution < 1.29 is 5.11 Å². The Kier molecular flexibility index (Phi) is 6.15. The van der Waals surface area contributed by atoms with E-state index in [2.05, 4.69) is 17.6 Å². The molecule has 1 aliphatic heterocycles. The van der Waals surface area contributed by atoms with Crippen LogP contribution in [0.5, 0.6) is 0 Å². The van der Waals surface area contributed by atoms with Gasteiger partial charge in [0.1, 0.15) is 0 Å². The summed E-state index contributed by atoms with van der Waals surface area (Å²) in [5.41, 5.74) is 0. The molecule has 3 nitrogen and oxygen atoms in total. The molecule has 0 spiro atoms. The van der Waals surface area contributed by atoms with E-state index in [-0.39, 0.29) is 0 Å². The number of piperidine rings is 1. The van der Waals surface area contributed by atoms with E-state index in [1.54, 1.807) is 0 Å². The van der Waals surface area contributed by atoms with E-state index < -0.39 is 0 Å². The van der Waals surface area contributed by atoms with Crippen LogP contribution < -0.4 is 10.6 Å². The van der Waals surface area contributed by atoms with Gasteiger partial charge in [0.05, 0.1) is 0 Å². The van der Waals surface area contributed by atoms with Crippen molar-refractivity contribution in [2.75, 3.05) is 26.2 Å². The Morgan fingerprint density at radius 3 is 2.79 bits per heavy atom. The highest BCUT2D eigenvalue weighted by Crippen LogP contribution is 2.10. The van der Waals surface area contributed by atoms with Gasteiger partial charge in [-0.05, 0) is 58.2 Å². The van der Waals surface area contributed by atoms with Crippen LogP contribution in [0, 0.1) is 5.92 Å². The lowest BCUT2D eigenvalue weighted by Gasteiger charge is -2.24. The predicted molar refractivity (Wildman–Crippen MR) is 59.4 cm³/mol. The quantitative estimate of drug-likeness (QED) is 0.592. The molecular weight excluding hydrogens is 176 g/mol. The third-order valence-corrected chi connectivity index (χ3v) is 3.01. The second-order valence-corrected chi connectivity index (χ2v) is 4.37. The van der Waals surface area contributed by atoms with Gasteiger partial charge in [-0.25, -0.2) is 0 Å². The number of hydrogen-bond donors (Lipinski definition) is 3. The van der Waals surface area contributed by atoms with Crippen LogP contribution in [0.25, 0.3) is 0 Å². The largest absolute Gasteiger partial charge is 0.396 e. The Balaban J connectivity index is 2.00. The second kappa shape index (κ2) is 7.21. The van der Waals surface area contributed by atoms with Gasteiger partial charge in [-0.2, -0.15) is 0 Å². The van der Waals surface area contributed by atoms with Crippen molar-refractivity contribution in [3.63, 3.8) is 0 Å². The van der Waals surface area contributed by atoms with Crippen LogP contribution in [0.4, 0.5) is 0 Å². The zero-order valence-corrected chi connectivity index (χ0v) is 9.26. The van der Waals surface area contributed by atoms with Crippen molar-refractivity contribution in [3.05, 3.63) is 0 Å². The molecule has 0 radical (unpaired) electrons. The van der Waals surface area contributed by atoms with Crippen molar-refractivity contribution in [1.29, 1.82) is 0 Å². The first-order valence-electron chi connectivity index (χ1n) is 5.88. The Hall–Kier alpha value is -0.120. The number of aliphatic hydroxyl groups is 1. The summed E-state index contributed by atoms with van der Waals surface area (Å²) >= 11 is 0. The minimum absolute atomic E-state index is 0.319. The lowest BCUT2D eigenvalue weighted by molar-refractivity contribution is 0.272. The summed E-state index contributed by atoms with van der Waals surface area (Å²) < 4.78 is 0. The fraction of sp³-hybridized carbons (Fsp3) is 1.00. The van der Waals surface area contributed by atoms with Crippen molar-refractivity contribution in [2.45, 2.75) is 38.6 Å². The Bertz CT molecular complexity index is 135. The summed E-state index contributed by atoms with van der Waals surface area (Å²) in [4.78, 5) is 0.